The number of aliphatic hydroxyl groups is 1. The molecule has 3 unspecified atom stereocenters. The highest BCUT2D eigenvalue weighted by atomic mass is 16.5. The second kappa shape index (κ2) is 7.90. The Bertz CT molecular complexity index is 1080. The van der Waals surface area contributed by atoms with Gasteiger partial charge in [0.15, 0.2) is 6.10 Å². The highest BCUT2D eigenvalue weighted by molar-refractivity contribution is 6.49. The third kappa shape index (κ3) is 3.20. The van der Waals surface area contributed by atoms with Gasteiger partial charge in [0.1, 0.15) is 17.2 Å². The van der Waals surface area contributed by atoms with Crippen molar-refractivity contribution in [2.75, 3.05) is 6.61 Å². The third-order valence-electron chi connectivity index (χ3n) is 5.35. The van der Waals surface area contributed by atoms with Crippen molar-refractivity contribution in [1.82, 2.24) is 0 Å². The maximum absolute atomic E-state index is 10.1. The monoisotopic (exact) mass is 391 g/mol. The number of aliphatic hydroxyl groups excluding tert-OH is 1. The van der Waals surface area contributed by atoms with Crippen LogP contribution in [-0.4, -0.2) is 39.7 Å². The molecule has 29 heavy (non-hydrogen) atoms. The van der Waals surface area contributed by atoms with E-state index in [1.807, 2.05) is 42.5 Å². The standard InChI is InChI=1S/C22H21N3O4/c23-19-16(12-26)22(21(25-28)20(24-27)14-7-2-1-3-8-14)29-17-11-10-13-6-4-5-9-15(13)18(17)19/h1-11,16,19,22,26-28H,12,23H2/b24-20+,25-21+. The molecule has 0 bridgehead atoms. The molecule has 3 aromatic carbocycles. The topological polar surface area (TPSA) is 121 Å². The molecule has 0 saturated heterocycles. The average Bonchev–Trinajstić information content (AvgIpc) is 2.77. The first kappa shape index (κ1) is 18.9. The highest BCUT2D eigenvalue weighted by Crippen LogP contribution is 2.42. The number of fused-ring (bicyclic) bond motifs is 3. The van der Waals surface area contributed by atoms with Crippen LogP contribution >= 0.6 is 0 Å². The normalized spacial score (nSPS) is 22.2. The molecule has 0 aliphatic carbocycles. The molecule has 7 nitrogen and oxygen atoms in total. The van der Waals surface area contributed by atoms with E-state index < -0.39 is 18.1 Å². The van der Waals surface area contributed by atoms with Crippen molar-refractivity contribution in [2.24, 2.45) is 22.0 Å². The summed E-state index contributed by atoms with van der Waals surface area (Å²) in [6, 6.07) is 19.8. The molecule has 3 atom stereocenters. The maximum atomic E-state index is 10.1. The van der Waals surface area contributed by atoms with Crippen LogP contribution in [0.15, 0.2) is 77.0 Å². The predicted molar refractivity (Wildman–Crippen MR) is 110 cm³/mol. The van der Waals surface area contributed by atoms with Gasteiger partial charge >= 0.3 is 0 Å². The average molecular weight is 391 g/mol. The zero-order chi connectivity index (χ0) is 20.4. The second-order valence-corrected chi connectivity index (χ2v) is 6.91. The van der Waals surface area contributed by atoms with Crippen LogP contribution in [0.5, 0.6) is 5.75 Å². The lowest BCUT2D eigenvalue weighted by Crippen LogP contribution is -2.48. The van der Waals surface area contributed by atoms with E-state index in [2.05, 4.69) is 10.3 Å². The van der Waals surface area contributed by atoms with Crippen LogP contribution in [-0.2, 0) is 0 Å². The molecule has 0 spiro atoms. The lowest BCUT2D eigenvalue weighted by molar-refractivity contribution is 0.0913. The van der Waals surface area contributed by atoms with E-state index >= 15 is 0 Å². The molecule has 0 radical (unpaired) electrons. The Kier molecular flexibility index (Phi) is 5.16. The van der Waals surface area contributed by atoms with Gasteiger partial charge in [-0.3, -0.25) is 0 Å². The van der Waals surface area contributed by atoms with E-state index in [9.17, 15) is 15.5 Å². The van der Waals surface area contributed by atoms with Crippen molar-refractivity contribution in [2.45, 2.75) is 12.1 Å². The van der Waals surface area contributed by atoms with Crippen LogP contribution in [0.3, 0.4) is 0 Å². The molecule has 7 heteroatoms. The van der Waals surface area contributed by atoms with Crippen molar-refractivity contribution in [3.8, 4) is 5.75 Å². The fourth-order valence-electron chi connectivity index (χ4n) is 3.91. The van der Waals surface area contributed by atoms with Gasteiger partial charge in [0.25, 0.3) is 0 Å². The minimum atomic E-state index is -0.903. The van der Waals surface area contributed by atoms with Gasteiger partial charge in [-0.1, -0.05) is 71.0 Å². The van der Waals surface area contributed by atoms with E-state index in [0.29, 0.717) is 11.3 Å². The highest BCUT2D eigenvalue weighted by Gasteiger charge is 2.42. The van der Waals surface area contributed by atoms with Gasteiger partial charge in [-0.2, -0.15) is 0 Å². The van der Waals surface area contributed by atoms with Crippen molar-refractivity contribution < 1.29 is 20.3 Å². The van der Waals surface area contributed by atoms with Gasteiger partial charge in [-0.25, -0.2) is 0 Å². The first-order chi connectivity index (χ1) is 14.2. The Morgan fingerprint density at radius 2 is 1.66 bits per heavy atom. The van der Waals surface area contributed by atoms with Crippen molar-refractivity contribution >= 4 is 22.2 Å². The largest absolute Gasteiger partial charge is 0.483 e. The summed E-state index contributed by atoms with van der Waals surface area (Å²) in [4.78, 5) is 0. The predicted octanol–water partition coefficient (Wildman–Crippen LogP) is 2.92. The van der Waals surface area contributed by atoms with E-state index in [1.54, 1.807) is 24.3 Å². The number of oxime groups is 2. The lowest BCUT2D eigenvalue weighted by Gasteiger charge is -2.37. The van der Waals surface area contributed by atoms with Crippen molar-refractivity contribution in [3.05, 3.63) is 77.9 Å². The van der Waals surface area contributed by atoms with Gasteiger partial charge in [-0.05, 0) is 16.8 Å². The summed E-state index contributed by atoms with van der Waals surface area (Å²) in [5, 5.41) is 38.1. The number of rotatable bonds is 4. The summed E-state index contributed by atoms with van der Waals surface area (Å²) in [5.41, 5.74) is 7.93. The van der Waals surface area contributed by atoms with Gasteiger partial charge < -0.3 is 26.0 Å². The molecule has 0 aromatic heterocycles. The van der Waals surface area contributed by atoms with Gasteiger partial charge in [0.05, 0.1) is 6.61 Å². The minimum Gasteiger partial charge on any atom is -0.483 e. The Hall–Kier alpha value is -3.42. The molecule has 1 aliphatic rings. The fraction of sp³-hybridized carbons (Fsp3) is 0.182. The molecular formula is C22H21N3O4. The minimum absolute atomic E-state index is 0.00740. The Balaban J connectivity index is 1.81. The van der Waals surface area contributed by atoms with Crippen LogP contribution in [0, 0.1) is 5.92 Å². The van der Waals surface area contributed by atoms with Gasteiger partial charge in [0, 0.05) is 23.1 Å². The number of benzene rings is 3. The molecule has 4 rings (SSSR count). The Morgan fingerprint density at radius 3 is 2.34 bits per heavy atom. The zero-order valence-electron chi connectivity index (χ0n) is 15.5. The van der Waals surface area contributed by atoms with Gasteiger partial charge in [0.2, 0.25) is 0 Å². The lowest BCUT2D eigenvalue weighted by atomic mass is 9.81. The summed E-state index contributed by atoms with van der Waals surface area (Å²) < 4.78 is 6.15. The Morgan fingerprint density at radius 1 is 0.931 bits per heavy atom. The maximum Gasteiger partial charge on any atom is 0.153 e. The second-order valence-electron chi connectivity index (χ2n) is 6.91. The molecule has 1 heterocycles. The van der Waals surface area contributed by atoms with Crippen molar-refractivity contribution in [1.29, 1.82) is 0 Å². The summed E-state index contributed by atoms with van der Waals surface area (Å²) in [7, 11) is 0. The molecule has 1 aliphatic heterocycles. The number of ether oxygens (including phenoxy) is 1. The first-order valence-corrected chi connectivity index (χ1v) is 9.24. The summed E-state index contributed by atoms with van der Waals surface area (Å²) in [6.07, 6.45) is -0.903. The van der Waals surface area contributed by atoms with Gasteiger partial charge in [-0.15, -0.1) is 0 Å². The van der Waals surface area contributed by atoms with Crippen molar-refractivity contribution in [3.63, 3.8) is 0 Å². The molecule has 148 valence electrons. The fourth-order valence-corrected chi connectivity index (χ4v) is 3.91. The number of hydrogen-bond donors (Lipinski definition) is 4. The Labute approximate surface area is 167 Å². The SMILES string of the molecule is NC1c2c(ccc3ccccc23)OC(C(=N/O)/C(=N/O)c2ccccc2)C1CO. The van der Waals surface area contributed by atoms with E-state index in [1.165, 1.54) is 0 Å². The van der Waals surface area contributed by atoms with Crippen LogP contribution in [0.2, 0.25) is 0 Å². The number of hydrogen-bond acceptors (Lipinski definition) is 7. The van der Waals surface area contributed by atoms with Crippen LogP contribution in [0.1, 0.15) is 17.2 Å². The summed E-state index contributed by atoms with van der Waals surface area (Å²) in [5.74, 6) is -0.0722. The van der Waals surface area contributed by atoms with Crippen LogP contribution in [0.25, 0.3) is 10.8 Å². The molecular weight excluding hydrogens is 370 g/mol. The summed E-state index contributed by atoms with van der Waals surface area (Å²) >= 11 is 0. The molecule has 0 saturated carbocycles. The van der Waals surface area contributed by atoms with E-state index in [0.717, 1.165) is 16.3 Å². The quantitative estimate of drug-likeness (QED) is 0.310. The third-order valence-corrected chi connectivity index (χ3v) is 5.35. The van der Waals surface area contributed by atoms with E-state index in [-0.39, 0.29) is 18.0 Å². The van der Waals surface area contributed by atoms with Crippen LogP contribution < -0.4 is 10.5 Å². The zero-order valence-corrected chi connectivity index (χ0v) is 15.5. The molecule has 0 fully saturated rings. The smallest absolute Gasteiger partial charge is 0.153 e. The number of nitrogens with two attached hydrogens (primary N) is 1. The first-order valence-electron chi connectivity index (χ1n) is 9.24. The van der Waals surface area contributed by atoms with E-state index in [4.69, 9.17) is 10.5 Å². The van der Waals surface area contributed by atoms with Crippen LogP contribution in [0.4, 0.5) is 0 Å². The summed E-state index contributed by atoms with van der Waals surface area (Å²) in [6.45, 7) is -0.305. The molecule has 0 amide bonds. The molecule has 5 N–H and O–H groups in total. The number of nitrogens with zero attached hydrogens (tertiary/aromatic N) is 2. The molecule has 3 aromatic rings.